The van der Waals surface area contributed by atoms with Crippen molar-refractivity contribution in [1.29, 1.82) is 0 Å². The number of aliphatic carboxylic acids is 1. The fraction of sp³-hybridized carbons (Fsp3) is 0.333. The van der Waals surface area contributed by atoms with Gasteiger partial charge in [-0.25, -0.2) is 5.43 Å². The molecule has 1 amide bonds. The van der Waals surface area contributed by atoms with Gasteiger partial charge in [-0.15, -0.1) is 0 Å². The normalized spacial score (nSPS) is 19.4. The van der Waals surface area contributed by atoms with Crippen LogP contribution in [0.4, 0.5) is 0 Å². The van der Waals surface area contributed by atoms with Crippen LogP contribution in [0.25, 0.3) is 0 Å². The number of hydrogen-bond acceptors (Lipinski definition) is 5. The number of hydrogen-bond donors (Lipinski definition) is 2. The van der Waals surface area contributed by atoms with Gasteiger partial charge < -0.3 is 9.63 Å². The molecule has 7 heteroatoms. The van der Waals surface area contributed by atoms with E-state index in [1.165, 1.54) is 6.26 Å². The summed E-state index contributed by atoms with van der Waals surface area (Å²) in [6.07, 6.45) is 1.45. The average Bonchev–Trinajstić information content (AvgIpc) is 2.82. The van der Waals surface area contributed by atoms with Crippen LogP contribution < -0.4 is 5.43 Å². The van der Waals surface area contributed by atoms with Gasteiger partial charge in [-0.1, -0.05) is 5.16 Å². The number of amides is 1. The molecule has 2 rings (SSSR count). The Labute approximate surface area is 90.1 Å². The molecule has 0 aliphatic carbocycles. The van der Waals surface area contributed by atoms with Crippen molar-refractivity contribution < 1.29 is 19.2 Å². The molecule has 0 radical (unpaired) electrons. The molecule has 1 aromatic heterocycles. The maximum absolute atomic E-state index is 11.4. The summed E-state index contributed by atoms with van der Waals surface area (Å²) in [5.74, 6) is -1.89. The number of carboxylic acid groups (broad SMARTS) is 1. The minimum absolute atomic E-state index is 0.249. The average molecular weight is 223 g/mol. The van der Waals surface area contributed by atoms with E-state index >= 15 is 0 Å². The lowest BCUT2D eigenvalue weighted by Gasteiger charge is -2.05. The molecule has 84 valence electrons. The minimum atomic E-state index is -1.01. The van der Waals surface area contributed by atoms with Crippen molar-refractivity contribution in [3.8, 4) is 0 Å². The van der Waals surface area contributed by atoms with Gasteiger partial charge in [0.2, 0.25) is 5.91 Å². The lowest BCUT2D eigenvalue weighted by Crippen LogP contribution is -2.26. The van der Waals surface area contributed by atoms with Gasteiger partial charge in [0.15, 0.2) is 0 Å². The quantitative estimate of drug-likeness (QED) is 0.735. The Kier molecular flexibility index (Phi) is 2.67. The summed E-state index contributed by atoms with van der Waals surface area (Å²) in [5, 5.41) is 16.0. The van der Waals surface area contributed by atoms with Crippen molar-refractivity contribution in [1.82, 2.24) is 10.6 Å². The predicted molar refractivity (Wildman–Crippen MR) is 51.5 cm³/mol. The molecule has 1 aliphatic rings. The molecule has 2 heterocycles. The molecule has 1 unspecified atom stereocenters. The standard InChI is InChI=1S/C9H9N3O4/c13-8(14)4-7-6(9(15)11-10-7)3-5-1-2-16-12-5/h1-2,6H,3-4H2,(H,11,15)(H,13,14). The van der Waals surface area contributed by atoms with Crippen LogP contribution >= 0.6 is 0 Å². The molecular weight excluding hydrogens is 214 g/mol. The highest BCUT2D eigenvalue weighted by atomic mass is 16.5. The van der Waals surface area contributed by atoms with Crippen LogP contribution in [0, 0.1) is 5.92 Å². The number of carbonyl (C=O) groups excluding carboxylic acids is 1. The lowest BCUT2D eigenvalue weighted by molar-refractivity contribution is -0.135. The van der Waals surface area contributed by atoms with Crippen molar-refractivity contribution in [2.45, 2.75) is 12.8 Å². The van der Waals surface area contributed by atoms with Gasteiger partial charge in [-0.05, 0) is 0 Å². The van der Waals surface area contributed by atoms with Crippen LogP contribution in [0.3, 0.4) is 0 Å². The van der Waals surface area contributed by atoms with E-state index in [0.717, 1.165) is 0 Å². The monoisotopic (exact) mass is 223 g/mol. The van der Waals surface area contributed by atoms with Gasteiger partial charge in [0, 0.05) is 12.5 Å². The molecule has 0 aromatic carbocycles. The van der Waals surface area contributed by atoms with E-state index in [9.17, 15) is 9.59 Å². The summed E-state index contributed by atoms with van der Waals surface area (Å²) in [6, 6.07) is 1.63. The second-order valence-electron chi connectivity index (χ2n) is 3.40. The van der Waals surface area contributed by atoms with Crippen LogP contribution in [-0.2, 0) is 16.0 Å². The van der Waals surface area contributed by atoms with E-state index in [4.69, 9.17) is 5.11 Å². The topological polar surface area (TPSA) is 105 Å². The van der Waals surface area contributed by atoms with Crippen LogP contribution in [0.1, 0.15) is 12.1 Å². The second kappa shape index (κ2) is 4.13. The SMILES string of the molecule is O=C(O)CC1=NNC(=O)C1Cc1ccon1. The van der Waals surface area contributed by atoms with E-state index in [1.807, 2.05) is 0 Å². The van der Waals surface area contributed by atoms with Crippen LogP contribution in [0.2, 0.25) is 0 Å². The summed E-state index contributed by atoms with van der Waals surface area (Å²) >= 11 is 0. The number of carbonyl (C=O) groups is 2. The number of rotatable bonds is 4. The third-order valence-electron chi connectivity index (χ3n) is 2.27. The molecule has 1 aliphatic heterocycles. The van der Waals surface area contributed by atoms with Gasteiger partial charge in [-0.2, -0.15) is 5.10 Å². The van der Waals surface area contributed by atoms with Gasteiger partial charge in [0.05, 0.1) is 23.7 Å². The summed E-state index contributed by atoms with van der Waals surface area (Å²) in [5.41, 5.74) is 3.18. The van der Waals surface area contributed by atoms with Gasteiger partial charge in [-0.3, -0.25) is 9.59 Å². The molecule has 0 saturated heterocycles. The Hall–Kier alpha value is -2.18. The Morgan fingerprint density at radius 3 is 3.06 bits per heavy atom. The van der Waals surface area contributed by atoms with E-state index in [2.05, 4.69) is 20.2 Å². The highest BCUT2D eigenvalue weighted by Crippen LogP contribution is 2.15. The summed E-state index contributed by atoms with van der Waals surface area (Å²) in [7, 11) is 0. The van der Waals surface area contributed by atoms with Crippen molar-refractivity contribution in [2.75, 3.05) is 0 Å². The number of nitrogens with one attached hydrogen (secondary N) is 1. The number of hydrazone groups is 1. The maximum Gasteiger partial charge on any atom is 0.309 e. The Bertz CT molecular complexity index is 438. The molecule has 0 spiro atoms. The molecule has 1 aromatic rings. The second-order valence-corrected chi connectivity index (χ2v) is 3.40. The molecule has 1 atom stereocenters. The summed E-state index contributed by atoms with van der Waals surface area (Å²) in [4.78, 5) is 22.0. The third kappa shape index (κ3) is 2.08. The minimum Gasteiger partial charge on any atom is -0.481 e. The van der Waals surface area contributed by atoms with Gasteiger partial charge in [0.1, 0.15) is 6.26 Å². The van der Waals surface area contributed by atoms with Gasteiger partial charge >= 0.3 is 5.97 Å². The first-order chi connectivity index (χ1) is 7.66. The van der Waals surface area contributed by atoms with E-state index in [0.29, 0.717) is 17.8 Å². The van der Waals surface area contributed by atoms with Crippen molar-refractivity contribution in [3.05, 3.63) is 18.0 Å². The zero-order chi connectivity index (χ0) is 11.5. The first-order valence-electron chi connectivity index (χ1n) is 4.64. The molecular formula is C9H9N3O4. The highest BCUT2D eigenvalue weighted by molar-refractivity contribution is 6.13. The molecule has 16 heavy (non-hydrogen) atoms. The molecule has 0 bridgehead atoms. The highest BCUT2D eigenvalue weighted by Gasteiger charge is 2.31. The van der Waals surface area contributed by atoms with E-state index < -0.39 is 11.9 Å². The van der Waals surface area contributed by atoms with E-state index in [1.54, 1.807) is 6.07 Å². The van der Waals surface area contributed by atoms with Crippen molar-refractivity contribution in [3.63, 3.8) is 0 Å². The van der Waals surface area contributed by atoms with Crippen molar-refractivity contribution in [2.24, 2.45) is 11.0 Å². The fourth-order valence-corrected chi connectivity index (χ4v) is 1.51. The lowest BCUT2D eigenvalue weighted by atomic mass is 9.96. The first-order valence-corrected chi connectivity index (χ1v) is 4.64. The molecule has 0 saturated carbocycles. The van der Waals surface area contributed by atoms with Crippen LogP contribution in [0.15, 0.2) is 22.0 Å². The smallest absolute Gasteiger partial charge is 0.309 e. The number of aromatic nitrogens is 1. The largest absolute Gasteiger partial charge is 0.481 e. The van der Waals surface area contributed by atoms with Crippen LogP contribution in [-0.4, -0.2) is 27.9 Å². The first kappa shape index (κ1) is 10.3. The van der Waals surface area contributed by atoms with Crippen LogP contribution in [0.5, 0.6) is 0 Å². The Morgan fingerprint density at radius 1 is 1.62 bits per heavy atom. The Morgan fingerprint density at radius 2 is 2.44 bits per heavy atom. The summed E-state index contributed by atoms with van der Waals surface area (Å²) in [6.45, 7) is 0. The van der Waals surface area contributed by atoms with Crippen molar-refractivity contribution >= 4 is 17.6 Å². The Balaban J connectivity index is 2.09. The predicted octanol–water partition coefficient (Wildman–Crippen LogP) is -0.206. The summed E-state index contributed by atoms with van der Waals surface area (Å²) < 4.78 is 4.64. The molecule has 2 N–H and O–H groups in total. The van der Waals surface area contributed by atoms with Gasteiger partial charge in [0.25, 0.3) is 0 Å². The fourth-order valence-electron chi connectivity index (χ4n) is 1.51. The van der Waals surface area contributed by atoms with E-state index in [-0.39, 0.29) is 12.3 Å². The number of carboxylic acids is 1. The zero-order valence-corrected chi connectivity index (χ0v) is 8.21. The zero-order valence-electron chi connectivity index (χ0n) is 8.21. The maximum atomic E-state index is 11.4. The molecule has 7 nitrogen and oxygen atoms in total. The molecule has 0 fully saturated rings. The number of nitrogens with zero attached hydrogens (tertiary/aromatic N) is 2. The third-order valence-corrected chi connectivity index (χ3v) is 2.27.